The lowest BCUT2D eigenvalue weighted by Gasteiger charge is -2.21. The number of rotatable bonds is 49. The standard InChI is InChI=1S/C54H97O11P/c1-4-7-10-13-16-19-22-24-25-27-30-33-36-39-42-45-54(58)65-51(47-61-52(56)43-40-37-34-31-28-21-18-15-12-9-6-3)49-63-66(59,60)62-48-50(46-55)64-53(57)44-41-38-35-32-29-26-23-20-17-14-11-8-5-2/h8,11,17,20,24-26,29,50-51,55H,4-7,9-10,12-16,18-19,21-23,27-28,30-49H2,1-3H3,(H,59,60)/b11-8-,20-17-,25-24-,29-26-. The normalized spacial score (nSPS) is 13.8. The van der Waals surface area contributed by atoms with Crippen LogP contribution in [-0.2, 0) is 42.2 Å². The number of allylic oxidation sites excluding steroid dienone is 8. The van der Waals surface area contributed by atoms with Crippen molar-refractivity contribution in [3.63, 3.8) is 0 Å². The van der Waals surface area contributed by atoms with Gasteiger partial charge in [-0.25, -0.2) is 4.57 Å². The molecule has 0 rings (SSSR count). The molecule has 0 saturated heterocycles. The van der Waals surface area contributed by atoms with Crippen molar-refractivity contribution < 1.29 is 52.2 Å². The van der Waals surface area contributed by atoms with E-state index in [0.717, 1.165) is 96.3 Å². The summed E-state index contributed by atoms with van der Waals surface area (Å²) in [5, 5.41) is 9.77. The van der Waals surface area contributed by atoms with Crippen molar-refractivity contribution in [2.75, 3.05) is 26.4 Å². The van der Waals surface area contributed by atoms with E-state index in [1.807, 2.05) is 0 Å². The Morgan fingerprint density at radius 2 is 0.788 bits per heavy atom. The maximum atomic E-state index is 12.8. The Morgan fingerprint density at radius 3 is 1.24 bits per heavy atom. The highest BCUT2D eigenvalue weighted by Gasteiger charge is 2.28. The van der Waals surface area contributed by atoms with E-state index < -0.39 is 57.8 Å². The molecule has 0 radical (unpaired) electrons. The Kier molecular flexibility index (Phi) is 47.0. The van der Waals surface area contributed by atoms with Crippen LogP contribution < -0.4 is 0 Å². The minimum absolute atomic E-state index is 0.142. The van der Waals surface area contributed by atoms with E-state index in [0.29, 0.717) is 19.3 Å². The molecule has 0 aliphatic heterocycles. The van der Waals surface area contributed by atoms with E-state index in [1.165, 1.54) is 83.5 Å². The summed E-state index contributed by atoms with van der Waals surface area (Å²) in [5.41, 5.74) is 0. The molecule has 2 N–H and O–H groups in total. The van der Waals surface area contributed by atoms with E-state index >= 15 is 0 Å². The molecule has 0 aromatic carbocycles. The number of aliphatic hydroxyl groups is 1. The molecular weight excluding hydrogens is 856 g/mol. The van der Waals surface area contributed by atoms with Crippen LogP contribution in [0.1, 0.15) is 239 Å². The van der Waals surface area contributed by atoms with Gasteiger partial charge in [-0.15, -0.1) is 0 Å². The first-order valence-corrected chi connectivity index (χ1v) is 28.0. The van der Waals surface area contributed by atoms with Gasteiger partial charge >= 0.3 is 25.7 Å². The summed E-state index contributed by atoms with van der Waals surface area (Å²) in [6, 6.07) is 0. The smallest absolute Gasteiger partial charge is 0.462 e. The summed E-state index contributed by atoms with van der Waals surface area (Å²) >= 11 is 0. The number of carbonyl (C=O) groups excluding carboxylic acids is 3. The van der Waals surface area contributed by atoms with Crippen molar-refractivity contribution in [3.05, 3.63) is 48.6 Å². The predicted octanol–water partition coefficient (Wildman–Crippen LogP) is 15.0. The second-order valence-corrected chi connectivity index (χ2v) is 19.1. The largest absolute Gasteiger partial charge is 0.472 e. The van der Waals surface area contributed by atoms with Gasteiger partial charge in [-0.2, -0.15) is 0 Å². The number of hydrogen-bond acceptors (Lipinski definition) is 10. The highest BCUT2D eigenvalue weighted by molar-refractivity contribution is 7.47. The first-order chi connectivity index (χ1) is 32.2. The lowest BCUT2D eigenvalue weighted by atomic mass is 10.1. The predicted molar refractivity (Wildman–Crippen MR) is 270 cm³/mol. The lowest BCUT2D eigenvalue weighted by molar-refractivity contribution is -0.161. The lowest BCUT2D eigenvalue weighted by Crippen LogP contribution is -2.30. The highest BCUT2D eigenvalue weighted by atomic mass is 31.2. The summed E-state index contributed by atoms with van der Waals surface area (Å²) in [6.45, 7) is 4.47. The molecule has 0 saturated carbocycles. The summed E-state index contributed by atoms with van der Waals surface area (Å²) in [6.07, 6.45) is 49.4. The van der Waals surface area contributed by atoms with Gasteiger partial charge in [0.2, 0.25) is 0 Å². The van der Waals surface area contributed by atoms with Gasteiger partial charge in [0.1, 0.15) is 12.7 Å². The maximum absolute atomic E-state index is 12.8. The van der Waals surface area contributed by atoms with E-state index in [9.17, 15) is 28.9 Å². The molecule has 3 atom stereocenters. The Hall–Kier alpha value is -2.56. The molecule has 0 aromatic heterocycles. The zero-order valence-corrected chi connectivity index (χ0v) is 43.1. The zero-order chi connectivity index (χ0) is 48.4. The molecule has 0 spiro atoms. The van der Waals surface area contributed by atoms with Gasteiger partial charge in [0.15, 0.2) is 6.10 Å². The Morgan fingerprint density at radius 1 is 0.439 bits per heavy atom. The number of carbonyl (C=O) groups is 3. The van der Waals surface area contributed by atoms with Crippen LogP contribution >= 0.6 is 7.82 Å². The van der Waals surface area contributed by atoms with Gasteiger partial charge in [0.05, 0.1) is 19.8 Å². The number of phosphoric acid groups is 1. The van der Waals surface area contributed by atoms with Crippen LogP contribution in [0.15, 0.2) is 48.6 Å². The molecule has 11 nitrogen and oxygen atoms in total. The fourth-order valence-corrected chi connectivity index (χ4v) is 7.97. The topological polar surface area (TPSA) is 155 Å². The van der Waals surface area contributed by atoms with Crippen LogP contribution in [0.2, 0.25) is 0 Å². The fraction of sp³-hybridized carbons (Fsp3) is 0.796. The molecule has 0 aliphatic rings. The van der Waals surface area contributed by atoms with Gasteiger partial charge in [0, 0.05) is 19.3 Å². The monoisotopic (exact) mass is 953 g/mol. The van der Waals surface area contributed by atoms with Crippen LogP contribution in [0.25, 0.3) is 0 Å². The van der Waals surface area contributed by atoms with Crippen molar-refractivity contribution in [1.82, 2.24) is 0 Å². The Bertz CT molecular complexity index is 1300. The summed E-state index contributed by atoms with van der Waals surface area (Å²) in [5.74, 6) is -1.50. The summed E-state index contributed by atoms with van der Waals surface area (Å²) in [7, 11) is -4.75. The number of ether oxygens (including phenoxy) is 3. The molecule has 0 bridgehead atoms. The molecule has 0 heterocycles. The third kappa shape index (κ3) is 46.5. The van der Waals surface area contributed by atoms with Gasteiger partial charge in [0.25, 0.3) is 0 Å². The van der Waals surface area contributed by atoms with E-state index in [1.54, 1.807) is 0 Å². The molecule has 0 aliphatic carbocycles. The number of esters is 3. The first-order valence-electron chi connectivity index (χ1n) is 26.5. The molecule has 0 aromatic rings. The summed E-state index contributed by atoms with van der Waals surface area (Å²) < 4.78 is 39.3. The third-order valence-corrected chi connectivity index (χ3v) is 12.2. The molecule has 384 valence electrons. The molecule has 0 fully saturated rings. The molecule has 0 amide bonds. The fourth-order valence-electron chi connectivity index (χ4n) is 7.19. The number of aliphatic hydroxyl groups excluding tert-OH is 1. The van der Waals surface area contributed by atoms with E-state index in [4.69, 9.17) is 23.3 Å². The quantitative estimate of drug-likeness (QED) is 0.0197. The molecule has 12 heteroatoms. The second kappa shape index (κ2) is 48.9. The van der Waals surface area contributed by atoms with Crippen LogP contribution in [0.3, 0.4) is 0 Å². The minimum atomic E-state index is -4.75. The van der Waals surface area contributed by atoms with Crippen molar-refractivity contribution in [2.45, 2.75) is 251 Å². The van der Waals surface area contributed by atoms with Crippen LogP contribution in [0, 0.1) is 0 Å². The number of hydrogen-bond donors (Lipinski definition) is 2. The highest BCUT2D eigenvalue weighted by Crippen LogP contribution is 2.43. The van der Waals surface area contributed by atoms with Gasteiger partial charge < -0.3 is 24.2 Å². The SMILES string of the molecule is CC/C=C\C/C=C\C/C=C\CCCCCC(=O)OC(CO)COP(=O)(O)OCC(COC(=O)CCCCCCCCCCCCC)OC(=O)CCCCCCC/C=C\CCCCCCCC. The van der Waals surface area contributed by atoms with Crippen LogP contribution in [0.4, 0.5) is 0 Å². The van der Waals surface area contributed by atoms with Crippen molar-refractivity contribution >= 4 is 25.7 Å². The second-order valence-electron chi connectivity index (χ2n) is 17.7. The Balaban J connectivity index is 4.75. The summed E-state index contributed by atoms with van der Waals surface area (Å²) in [4.78, 5) is 48.3. The minimum Gasteiger partial charge on any atom is -0.462 e. The first kappa shape index (κ1) is 63.4. The molecular formula is C54H97O11P. The van der Waals surface area contributed by atoms with Crippen molar-refractivity contribution in [3.8, 4) is 0 Å². The van der Waals surface area contributed by atoms with Crippen molar-refractivity contribution in [1.29, 1.82) is 0 Å². The molecule has 3 unspecified atom stereocenters. The maximum Gasteiger partial charge on any atom is 0.472 e. The average Bonchev–Trinajstić information content (AvgIpc) is 3.30. The van der Waals surface area contributed by atoms with Crippen LogP contribution in [-0.4, -0.2) is 66.5 Å². The average molecular weight is 953 g/mol. The zero-order valence-electron chi connectivity index (χ0n) is 42.2. The van der Waals surface area contributed by atoms with Gasteiger partial charge in [-0.3, -0.25) is 23.4 Å². The van der Waals surface area contributed by atoms with Gasteiger partial charge in [-0.05, 0) is 77.0 Å². The molecule has 66 heavy (non-hydrogen) atoms. The number of unbranched alkanes of at least 4 members (excludes halogenated alkanes) is 24. The number of phosphoric ester groups is 1. The van der Waals surface area contributed by atoms with Gasteiger partial charge in [-0.1, -0.05) is 191 Å². The third-order valence-electron chi connectivity index (χ3n) is 11.2. The Labute approximate surface area is 403 Å². The van der Waals surface area contributed by atoms with Crippen molar-refractivity contribution in [2.24, 2.45) is 0 Å². The van der Waals surface area contributed by atoms with Crippen LogP contribution in [0.5, 0.6) is 0 Å². The van der Waals surface area contributed by atoms with E-state index in [-0.39, 0.29) is 25.9 Å². The van der Waals surface area contributed by atoms with E-state index in [2.05, 4.69) is 69.4 Å².